The number of rotatable bonds is 1. The normalized spacial score (nSPS) is 18.9. The largest absolute Gasteiger partial charge is 0.354 e. The highest BCUT2D eigenvalue weighted by Gasteiger charge is 2.16. The van der Waals surface area contributed by atoms with Crippen LogP contribution in [-0.4, -0.2) is 12.6 Å². The Hall–Kier alpha value is -1.68. The van der Waals surface area contributed by atoms with Gasteiger partial charge in [0.15, 0.2) is 0 Å². The van der Waals surface area contributed by atoms with E-state index < -0.39 is 0 Å². The lowest BCUT2D eigenvalue weighted by molar-refractivity contribution is 0.785. The molecule has 0 amide bonds. The molecule has 70 valence electrons. The van der Waals surface area contributed by atoms with Crippen LogP contribution in [-0.2, 0) is 0 Å². The second-order valence-electron chi connectivity index (χ2n) is 3.49. The molecule has 0 aliphatic carbocycles. The van der Waals surface area contributed by atoms with Crippen LogP contribution in [0, 0.1) is 12.3 Å². The van der Waals surface area contributed by atoms with Crippen molar-refractivity contribution in [3.05, 3.63) is 35.9 Å². The highest BCUT2D eigenvalue weighted by Crippen LogP contribution is 2.27. The molecule has 0 saturated carbocycles. The minimum Gasteiger partial charge on any atom is -0.354 e. The summed E-state index contributed by atoms with van der Waals surface area (Å²) in [6.07, 6.45) is 9.70. The summed E-state index contributed by atoms with van der Waals surface area (Å²) in [6.45, 7) is 2.83. The molecule has 14 heavy (non-hydrogen) atoms. The quantitative estimate of drug-likeness (QED) is 0.605. The number of benzene rings is 1. The second kappa shape index (κ2) is 3.59. The number of terminal acetylenes is 1. The van der Waals surface area contributed by atoms with Crippen LogP contribution in [0.5, 0.6) is 0 Å². The molecule has 0 fully saturated rings. The first kappa shape index (κ1) is 8.90. The van der Waals surface area contributed by atoms with Crippen LogP contribution < -0.4 is 4.90 Å². The SMILES string of the molecule is C#CCN1c2ccccc2C=CC1C. The lowest BCUT2D eigenvalue weighted by atomic mass is 10.0. The van der Waals surface area contributed by atoms with E-state index in [4.69, 9.17) is 6.42 Å². The summed E-state index contributed by atoms with van der Waals surface area (Å²) in [5.41, 5.74) is 2.49. The van der Waals surface area contributed by atoms with Gasteiger partial charge in [-0.2, -0.15) is 0 Å². The van der Waals surface area contributed by atoms with Crippen molar-refractivity contribution in [2.24, 2.45) is 0 Å². The van der Waals surface area contributed by atoms with Crippen LogP contribution in [0.15, 0.2) is 30.3 Å². The van der Waals surface area contributed by atoms with Gasteiger partial charge < -0.3 is 4.90 Å². The number of nitrogens with zero attached hydrogens (tertiary/aromatic N) is 1. The van der Waals surface area contributed by atoms with E-state index in [2.05, 4.69) is 42.0 Å². The van der Waals surface area contributed by atoms with Crippen molar-refractivity contribution in [2.75, 3.05) is 11.4 Å². The van der Waals surface area contributed by atoms with Crippen molar-refractivity contribution >= 4 is 11.8 Å². The summed E-state index contributed by atoms with van der Waals surface area (Å²) in [5, 5.41) is 0. The number of para-hydroxylation sites is 1. The zero-order valence-electron chi connectivity index (χ0n) is 8.27. The van der Waals surface area contributed by atoms with Gasteiger partial charge in [-0.25, -0.2) is 0 Å². The summed E-state index contributed by atoms with van der Waals surface area (Å²) in [5.74, 6) is 2.70. The van der Waals surface area contributed by atoms with Crippen LogP contribution in [0.3, 0.4) is 0 Å². The second-order valence-corrected chi connectivity index (χ2v) is 3.49. The minimum absolute atomic E-state index is 0.390. The zero-order chi connectivity index (χ0) is 9.97. The molecular formula is C13H13N. The fraction of sp³-hybridized carbons (Fsp3) is 0.231. The minimum atomic E-state index is 0.390. The molecule has 1 heterocycles. The van der Waals surface area contributed by atoms with Gasteiger partial charge in [-0.05, 0) is 18.6 Å². The fourth-order valence-corrected chi connectivity index (χ4v) is 1.78. The van der Waals surface area contributed by atoms with Gasteiger partial charge in [-0.15, -0.1) is 6.42 Å². The molecule has 0 N–H and O–H groups in total. The van der Waals surface area contributed by atoms with Crippen molar-refractivity contribution in [3.63, 3.8) is 0 Å². The van der Waals surface area contributed by atoms with Gasteiger partial charge in [0, 0.05) is 11.7 Å². The molecule has 1 nitrogen and oxygen atoms in total. The van der Waals surface area contributed by atoms with Gasteiger partial charge in [0.25, 0.3) is 0 Å². The van der Waals surface area contributed by atoms with Crippen molar-refractivity contribution < 1.29 is 0 Å². The summed E-state index contributed by atoms with van der Waals surface area (Å²) in [4.78, 5) is 2.23. The van der Waals surface area contributed by atoms with Crippen molar-refractivity contribution in [1.82, 2.24) is 0 Å². The first-order valence-corrected chi connectivity index (χ1v) is 4.80. The maximum atomic E-state index is 5.36. The van der Waals surface area contributed by atoms with Crippen LogP contribution >= 0.6 is 0 Å². The Bertz CT molecular complexity index is 398. The van der Waals surface area contributed by atoms with E-state index in [0.29, 0.717) is 12.6 Å². The number of hydrogen-bond acceptors (Lipinski definition) is 1. The van der Waals surface area contributed by atoms with Gasteiger partial charge in [0.05, 0.1) is 6.54 Å². The lowest BCUT2D eigenvalue weighted by Gasteiger charge is -2.32. The fourth-order valence-electron chi connectivity index (χ4n) is 1.78. The molecule has 0 aromatic heterocycles. The monoisotopic (exact) mass is 183 g/mol. The first-order valence-electron chi connectivity index (χ1n) is 4.80. The summed E-state index contributed by atoms with van der Waals surface area (Å²) in [7, 11) is 0. The van der Waals surface area contributed by atoms with Gasteiger partial charge in [0.2, 0.25) is 0 Å². The van der Waals surface area contributed by atoms with Crippen LogP contribution in [0.4, 0.5) is 5.69 Å². The third-order valence-electron chi connectivity index (χ3n) is 2.55. The Labute approximate surface area is 85.0 Å². The summed E-state index contributed by atoms with van der Waals surface area (Å²) in [6, 6.07) is 8.72. The average molecular weight is 183 g/mol. The Morgan fingerprint density at radius 2 is 2.21 bits per heavy atom. The van der Waals surface area contributed by atoms with Gasteiger partial charge in [-0.1, -0.05) is 36.3 Å². The van der Waals surface area contributed by atoms with E-state index >= 15 is 0 Å². The van der Waals surface area contributed by atoms with E-state index in [9.17, 15) is 0 Å². The maximum absolute atomic E-state index is 5.36. The van der Waals surface area contributed by atoms with E-state index in [-0.39, 0.29) is 0 Å². The number of anilines is 1. The summed E-state index contributed by atoms with van der Waals surface area (Å²) < 4.78 is 0. The Kier molecular flexibility index (Phi) is 2.28. The highest BCUT2D eigenvalue weighted by molar-refractivity contribution is 5.72. The Morgan fingerprint density at radius 3 is 3.00 bits per heavy atom. The van der Waals surface area contributed by atoms with E-state index in [1.165, 1.54) is 11.3 Å². The van der Waals surface area contributed by atoms with Crippen molar-refractivity contribution in [1.29, 1.82) is 0 Å². The third-order valence-corrected chi connectivity index (χ3v) is 2.55. The first-order chi connectivity index (χ1) is 6.83. The molecule has 1 atom stereocenters. The molecule has 1 unspecified atom stereocenters. The molecule has 1 heteroatoms. The molecule has 0 spiro atoms. The molecule has 1 aliphatic heterocycles. The topological polar surface area (TPSA) is 3.24 Å². The van der Waals surface area contributed by atoms with E-state index in [0.717, 1.165) is 0 Å². The predicted molar refractivity (Wildman–Crippen MR) is 61.1 cm³/mol. The average Bonchev–Trinajstić information content (AvgIpc) is 2.23. The number of hydrogen-bond donors (Lipinski definition) is 0. The lowest BCUT2D eigenvalue weighted by Crippen LogP contribution is -2.34. The molecule has 0 radical (unpaired) electrons. The molecule has 0 saturated heterocycles. The highest BCUT2D eigenvalue weighted by atomic mass is 15.2. The summed E-state index contributed by atoms with van der Waals surface area (Å²) >= 11 is 0. The predicted octanol–water partition coefficient (Wildman–Crippen LogP) is 2.54. The Morgan fingerprint density at radius 1 is 1.43 bits per heavy atom. The van der Waals surface area contributed by atoms with E-state index in [1.807, 2.05) is 12.1 Å². The molecule has 0 bridgehead atoms. The van der Waals surface area contributed by atoms with Gasteiger partial charge in [-0.3, -0.25) is 0 Å². The van der Waals surface area contributed by atoms with Crippen LogP contribution in [0.2, 0.25) is 0 Å². The smallest absolute Gasteiger partial charge is 0.0798 e. The molecule has 1 aromatic rings. The van der Waals surface area contributed by atoms with Gasteiger partial charge in [0.1, 0.15) is 0 Å². The molecule has 1 aromatic carbocycles. The van der Waals surface area contributed by atoms with Gasteiger partial charge >= 0.3 is 0 Å². The van der Waals surface area contributed by atoms with Crippen LogP contribution in [0.25, 0.3) is 6.08 Å². The molecular weight excluding hydrogens is 170 g/mol. The van der Waals surface area contributed by atoms with E-state index in [1.54, 1.807) is 0 Å². The molecule has 1 aliphatic rings. The number of fused-ring (bicyclic) bond motifs is 1. The Balaban J connectivity index is 2.43. The standard InChI is InChI=1S/C13H13N/c1-3-10-14-11(2)8-9-12-6-4-5-7-13(12)14/h1,4-9,11H,10H2,2H3. The van der Waals surface area contributed by atoms with Crippen LogP contribution in [0.1, 0.15) is 12.5 Å². The van der Waals surface area contributed by atoms with Crippen molar-refractivity contribution in [2.45, 2.75) is 13.0 Å². The van der Waals surface area contributed by atoms with Crippen molar-refractivity contribution in [3.8, 4) is 12.3 Å². The zero-order valence-corrected chi connectivity index (χ0v) is 8.27. The third kappa shape index (κ3) is 1.40. The molecule has 2 rings (SSSR count). The maximum Gasteiger partial charge on any atom is 0.0798 e.